The van der Waals surface area contributed by atoms with Gasteiger partial charge in [-0.1, -0.05) is 6.92 Å². The molecule has 110 valence electrons. The lowest BCUT2D eigenvalue weighted by atomic mass is 10.4. The van der Waals surface area contributed by atoms with Gasteiger partial charge in [0.05, 0.1) is 5.75 Å². The van der Waals surface area contributed by atoms with Gasteiger partial charge in [-0.3, -0.25) is 5.10 Å². The fourth-order valence-corrected chi connectivity index (χ4v) is 4.37. The first kappa shape index (κ1) is 14.7. The van der Waals surface area contributed by atoms with Gasteiger partial charge in [0.1, 0.15) is 22.0 Å². The van der Waals surface area contributed by atoms with Crippen molar-refractivity contribution >= 4 is 32.2 Å². The van der Waals surface area contributed by atoms with Crippen LogP contribution >= 0.6 is 11.5 Å². The molecule has 4 N–H and O–H groups in total. The van der Waals surface area contributed by atoms with E-state index in [0.717, 1.165) is 17.4 Å². The zero-order valence-electron chi connectivity index (χ0n) is 11.0. The second-order valence-corrected chi connectivity index (χ2v) is 6.97. The minimum Gasteiger partial charge on any atom is -0.382 e. The number of hydrogen-bond donors (Lipinski definition) is 3. The number of nitrogens with one attached hydrogen (secondary N) is 2. The van der Waals surface area contributed by atoms with Crippen molar-refractivity contribution < 1.29 is 8.42 Å². The summed E-state index contributed by atoms with van der Waals surface area (Å²) >= 11 is 1.05. The number of nitrogens with two attached hydrogens (primary N) is 1. The molecule has 2 aromatic rings. The van der Waals surface area contributed by atoms with Crippen molar-refractivity contribution in [2.24, 2.45) is 0 Å². The fraction of sp³-hybridized carbons (Fsp3) is 0.500. The minimum absolute atomic E-state index is 0.0608. The number of aromatic amines is 1. The topological polar surface area (TPSA) is 127 Å². The van der Waals surface area contributed by atoms with E-state index in [-0.39, 0.29) is 16.5 Å². The first-order valence-corrected chi connectivity index (χ1v) is 8.53. The molecule has 0 radical (unpaired) electrons. The molecule has 10 heteroatoms. The lowest BCUT2D eigenvalue weighted by Crippen LogP contribution is -2.12. The molecule has 2 rings (SSSR count). The van der Waals surface area contributed by atoms with Crippen molar-refractivity contribution in [2.75, 3.05) is 23.3 Å². The van der Waals surface area contributed by atoms with Gasteiger partial charge in [0.15, 0.2) is 15.7 Å². The zero-order valence-corrected chi connectivity index (χ0v) is 12.6. The zero-order chi connectivity index (χ0) is 14.6. The van der Waals surface area contributed by atoms with Crippen LogP contribution in [0.2, 0.25) is 0 Å². The lowest BCUT2D eigenvalue weighted by Gasteiger charge is -2.06. The summed E-state index contributed by atoms with van der Waals surface area (Å²) in [6.07, 6.45) is 2.57. The predicted octanol–water partition coefficient (Wildman–Crippen LogP) is 0.682. The van der Waals surface area contributed by atoms with Crippen molar-refractivity contribution in [2.45, 2.75) is 24.7 Å². The van der Waals surface area contributed by atoms with Crippen LogP contribution in [0, 0.1) is 0 Å². The van der Waals surface area contributed by atoms with E-state index < -0.39 is 9.84 Å². The third kappa shape index (κ3) is 3.25. The molecule has 0 fully saturated rings. The van der Waals surface area contributed by atoms with Gasteiger partial charge in [0.2, 0.25) is 0 Å². The smallest absolute Gasteiger partial charge is 0.185 e. The van der Waals surface area contributed by atoms with E-state index in [9.17, 15) is 8.42 Å². The predicted molar refractivity (Wildman–Crippen MR) is 77.4 cm³/mol. The molecule has 2 heterocycles. The molecule has 0 amide bonds. The molecule has 8 nitrogen and oxygen atoms in total. The van der Waals surface area contributed by atoms with Crippen molar-refractivity contribution in [3.05, 3.63) is 12.2 Å². The Hall–Kier alpha value is -1.68. The highest BCUT2D eigenvalue weighted by Crippen LogP contribution is 2.32. The van der Waals surface area contributed by atoms with Crippen LogP contribution in [0.3, 0.4) is 0 Å². The second-order valence-electron chi connectivity index (χ2n) is 4.15. The molecule has 0 aliphatic heterocycles. The second kappa shape index (κ2) is 6.18. The van der Waals surface area contributed by atoms with Gasteiger partial charge < -0.3 is 11.1 Å². The third-order valence-electron chi connectivity index (χ3n) is 2.57. The average Bonchev–Trinajstić information content (AvgIpc) is 2.99. The molecule has 0 saturated heterocycles. The first-order valence-electron chi connectivity index (χ1n) is 6.10. The van der Waals surface area contributed by atoms with Crippen LogP contribution in [0.1, 0.15) is 19.2 Å². The summed E-state index contributed by atoms with van der Waals surface area (Å²) in [5.41, 5.74) is 5.68. The number of nitrogen functional groups attached to an aromatic ring is 1. The van der Waals surface area contributed by atoms with E-state index in [0.29, 0.717) is 24.4 Å². The Morgan fingerprint density at radius 2 is 2.30 bits per heavy atom. The molecule has 0 aliphatic rings. The molecular formula is C10H16N6O2S2. The molecule has 0 aromatic carbocycles. The Balaban J connectivity index is 2.09. The van der Waals surface area contributed by atoms with Crippen LogP contribution in [-0.2, 0) is 16.3 Å². The fourth-order valence-electron chi connectivity index (χ4n) is 1.72. The monoisotopic (exact) mass is 316 g/mol. The maximum Gasteiger partial charge on any atom is 0.185 e. The van der Waals surface area contributed by atoms with Gasteiger partial charge >= 0.3 is 0 Å². The number of rotatable bonds is 7. The summed E-state index contributed by atoms with van der Waals surface area (Å²) in [4.78, 5) is 4.10. The van der Waals surface area contributed by atoms with Crippen molar-refractivity contribution in [1.29, 1.82) is 0 Å². The first-order chi connectivity index (χ1) is 9.54. The highest BCUT2D eigenvalue weighted by Gasteiger charge is 2.24. The largest absolute Gasteiger partial charge is 0.382 e. The molecule has 0 atom stereocenters. The number of hydrogen-bond acceptors (Lipinski definition) is 8. The van der Waals surface area contributed by atoms with Gasteiger partial charge in [-0.25, -0.2) is 13.4 Å². The van der Waals surface area contributed by atoms with E-state index in [4.69, 9.17) is 5.73 Å². The summed E-state index contributed by atoms with van der Waals surface area (Å²) in [6.45, 7) is 2.33. The van der Waals surface area contributed by atoms with E-state index in [1.807, 2.05) is 6.92 Å². The Kier molecular flexibility index (Phi) is 4.55. The minimum atomic E-state index is -3.39. The third-order valence-corrected chi connectivity index (χ3v) is 5.50. The van der Waals surface area contributed by atoms with Crippen LogP contribution in [0.25, 0.3) is 0 Å². The summed E-state index contributed by atoms with van der Waals surface area (Å²) in [5.74, 6) is 0.852. The highest BCUT2D eigenvalue weighted by atomic mass is 32.2. The van der Waals surface area contributed by atoms with Crippen molar-refractivity contribution in [1.82, 2.24) is 19.6 Å². The maximum absolute atomic E-state index is 12.1. The molecule has 2 aromatic heterocycles. The number of H-pyrrole nitrogens is 1. The number of anilines is 2. The van der Waals surface area contributed by atoms with E-state index in [1.54, 1.807) is 0 Å². The van der Waals surface area contributed by atoms with Crippen molar-refractivity contribution in [3.63, 3.8) is 0 Å². The van der Waals surface area contributed by atoms with E-state index in [2.05, 4.69) is 24.9 Å². The lowest BCUT2D eigenvalue weighted by molar-refractivity contribution is 0.595. The highest BCUT2D eigenvalue weighted by molar-refractivity contribution is 7.91. The summed E-state index contributed by atoms with van der Waals surface area (Å²) in [6, 6.07) is 0. The Labute approximate surface area is 120 Å². The molecule has 0 spiro atoms. The average molecular weight is 316 g/mol. The maximum atomic E-state index is 12.1. The van der Waals surface area contributed by atoms with E-state index >= 15 is 0 Å². The van der Waals surface area contributed by atoms with Crippen LogP contribution < -0.4 is 11.1 Å². The van der Waals surface area contributed by atoms with Crippen LogP contribution in [0.4, 0.5) is 10.8 Å². The summed E-state index contributed by atoms with van der Waals surface area (Å²) in [7, 11) is -3.39. The molecule has 0 bridgehead atoms. The normalized spacial score (nSPS) is 11.7. The SMILES string of the molecule is CCCS(=O)(=O)c1c(N)nsc1NCCc1ncn[nH]1. The van der Waals surface area contributed by atoms with Gasteiger partial charge in [0.25, 0.3) is 0 Å². The molecule has 0 saturated carbocycles. The van der Waals surface area contributed by atoms with Crippen LogP contribution in [0.15, 0.2) is 11.2 Å². The Morgan fingerprint density at radius 3 is 2.95 bits per heavy atom. The standard InChI is InChI=1S/C10H16N6O2S2/c1-2-5-20(17,18)8-9(11)16-19-10(8)12-4-3-7-13-6-14-15-7/h6,12H,2-5H2,1H3,(H2,11,16)(H,13,14,15). The van der Waals surface area contributed by atoms with Gasteiger partial charge in [0, 0.05) is 13.0 Å². The molecule has 0 unspecified atom stereocenters. The summed E-state index contributed by atoms with van der Waals surface area (Å²) in [5, 5.41) is 10.0. The quantitative estimate of drug-likeness (QED) is 0.685. The van der Waals surface area contributed by atoms with E-state index in [1.165, 1.54) is 6.33 Å². The summed E-state index contributed by atoms with van der Waals surface area (Å²) < 4.78 is 28.2. The number of nitrogens with zero attached hydrogens (tertiary/aromatic N) is 3. The number of aromatic nitrogens is 4. The van der Waals surface area contributed by atoms with Crippen LogP contribution in [0.5, 0.6) is 0 Å². The number of sulfone groups is 1. The van der Waals surface area contributed by atoms with Gasteiger partial charge in [-0.15, -0.1) is 0 Å². The van der Waals surface area contributed by atoms with Crippen molar-refractivity contribution in [3.8, 4) is 0 Å². The molecule has 20 heavy (non-hydrogen) atoms. The van der Waals surface area contributed by atoms with Gasteiger partial charge in [-0.2, -0.15) is 9.47 Å². The van der Waals surface area contributed by atoms with Gasteiger partial charge in [-0.05, 0) is 18.0 Å². The molecule has 0 aliphatic carbocycles. The Bertz CT molecular complexity index is 649. The van der Waals surface area contributed by atoms with Crippen LogP contribution in [-0.4, -0.2) is 40.3 Å². The molecular weight excluding hydrogens is 300 g/mol. The Morgan fingerprint density at radius 1 is 1.50 bits per heavy atom.